The molecule has 0 unspecified atom stereocenters. The molecule has 0 saturated carbocycles. The van der Waals surface area contributed by atoms with Gasteiger partial charge in [-0.05, 0) is 25.5 Å². The van der Waals surface area contributed by atoms with Crippen molar-refractivity contribution in [3.63, 3.8) is 0 Å². The number of hydrogen-bond donors (Lipinski definition) is 2. The Morgan fingerprint density at radius 3 is 1.88 bits per heavy atom. The highest BCUT2D eigenvalue weighted by molar-refractivity contribution is 5.28. The van der Waals surface area contributed by atoms with Gasteiger partial charge in [0.05, 0.1) is 25.6 Å². The van der Waals surface area contributed by atoms with Gasteiger partial charge in [-0.1, -0.05) is 32.1 Å². The lowest BCUT2D eigenvalue weighted by atomic mass is 10.2. The van der Waals surface area contributed by atoms with E-state index in [-0.39, 0.29) is 12.4 Å². The maximum absolute atomic E-state index is 8.85. The highest BCUT2D eigenvalue weighted by Crippen LogP contribution is 2.03. The predicted octanol–water partition coefficient (Wildman–Crippen LogP) is 2.99. The van der Waals surface area contributed by atoms with Crippen LogP contribution in [0.1, 0.15) is 27.7 Å². The summed E-state index contributed by atoms with van der Waals surface area (Å²) < 4.78 is 4.50. The molecular weight excluding hydrogens is 204 g/mol. The Hall–Kier alpha value is -1.06. The minimum Gasteiger partial charge on any atom is -0.513 e. The van der Waals surface area contributed by atoms with Crippen LogP contribution in [0.15, 0.2) is 35.6 Å². The van der Waals surface area contributed by atoms with Crippen molar-refractivity contribution >= 4 is 0 Å². The average molecular weight is 228 g/mol. The molecule has 1 heterocycles. The van der Waals surface area contributed by atoms with Crippen LogP contribution in [0.4, 0.5) is 0 Å². The van der Waals surface area contributed by atoms with E-state index < -0.39 is 0 Å². The zero-order chi connectivity index (χ0) is 13.0. The average Bonchev–Trinajstić information content (AvgIpc) is 3.05. The Morgan fingerprint density at radius 2 is 1.69 bits per heavy atom. The molecule has 94 valence electrons. The summed E-state index contributed by atoms with van der Waals surface area (Å²) in [5.41, 5.74) is 1.52. The predicted molar refractivity (Wildman–Crippen MR) is 68.5 cm³/mol. The molecule has 0 aromatic rings. The molecule has 3 heteroatoms. The lowest BCUT2D eigenvalue weighted by molar-refractivity contribution is 0.333. The van der Waals surface area contributed by atoms with Crippen LogP contribution in [0.5, 0.6) is 0 Å². The summed E-state index contributed by atoms with van der Waals surface area (Å²) in [6, 6.07) is 0. The molecule has 2 N–H and O–H groups in total. The number of aliphatic hydroxyl groups is 2. The van der Waals surface area contributed by atoms with Gasteiger partial charge in [0.25, 0.3) is 0 Å². The van der Waals surface area contributed by atoms with Crippen molar-refractivity contribution in [2.24, 2.45) is 0 Å². The topological polar surface area (TPSA) is 53.0 Å². The molecule has 1 rings (SSSR count). The van der Waals surface area contributed by atoms with Gasteiger partial charge in [-0.3, -0.25) is 0 Å². The third-order valence-corrected chi connectivity index (χ3v) is 1.21. The van der Waals surface area contributed by atoms with Gasteiger partial charge >= 0.3 is 0 Å². The molecule has 0 aliphatic carbocycles. The van der Waals surface area contributed by atoms with Crippen LogP contribution in [0.2, 0.25) is 0 Å². The minimum atomic E-state index is -0.0786. The van der Waals surface area contributed by atoms with Gasteiger partial charge in [0.1, 0.15) is 0 Å². The SMILES string of the molecule is C1CO1.C=C(C)/C=C(\C=C(/C)O)CO.CC. The Labute approximate surface area is 98.8 Å². The zero-order valence-electron chi connectivity index (χ0n) is 10.8. The number of allylic oxidation sites excluding steroid dienone is 3. The summed E-state index contributed by atoms with van der Waals surface area (Å²) in [6.45, 7) is 13.0. The fourth-order valence-electron chi connectivity index (χ4n) is 0.718. The fraction of sp³-hybridized carbons (Fsp3) is 0.538. The van der Waals surface area contributed by atoms with E-state index >= 15 is 0 Å². The minimum absolute atomic E-state index is 0.0786. The first-order valence-electron chi connectivity index (χ1n) is 5.48. The Balaban J connectivity index is 0. The van der Waals surface area contributed by atoms with E-state index in [1.54, 1.807) is 13.0 Å². The molecule has 3 nitrogen and oxygen atoms in total. The molecule has 0 atom stereocenters. The van der Waals surface area contributed by atoms with Crippen LogP contribution in [-0.4, -0.2) is 30.0 Å². The van der Waals surface area contributed by atoms with Gasteiger partial charge in [-0.2, -0.15) is 0 Å². The van der Waals surface area contributed by atoms with Crippen molar-refractivity contribution in [3.8, 4) is 0 Å². The van der Waals surface area contributed by atoms with Crippen LogP contribution in [0.3, 0.4) is 0 Å². The maximum atomic E-state index is 8.85. The largest absolute Gasteiger partial charge is 0.513 e. The van der Waals surface area contributed by atoms with Crippen LogP contribution < -0.4 is 0 Å². The summed E-state index contributed by atoms with van der Waals surface area (Å²) in [5.74, 6) is 0.187. The monoisotopic (exact) mass is 228 g/mol. The normalized spacial score (nSPS) is 14.1. The summed E-state index contributed by atoms with van der Waals surface area (Å²) in [5, 5.41) is 17.6. The van der Waals surface area contributed by atoms with Gasteiger partial charge in [0.2, 0.25) is 0 Å². The lowest BCUT2D eigenvalue weighted by Crippen LogP contribution is -1.88. The summed E-state index contributed by atoms with van der Waals surface area (Å²) in [7, 11) is 0. The van der Waals surface area contributed by atoms with Crippen LogP contribution >= 0.6 is 0 Å². The van der Waals surface area contributed by atoms with E-state index in [4.69, 9.17) is 10.2 Å². The Bertz CT molecular complexity index is 231. The Kier molecular flexibility index (Phi) is 13.0. The van der Waals surface area contributed by atoms with Crippen molar-refractivity contribution in [3.05, 3.63) is 35.6 Å². The van der Waals surface area contributed by atoms with Crippen molar-refractivity contribution in [1.82, 2.24) is 0 Å². The van der Waals surface area contributed by atoms with Crippen LogP contribution in [0.25, 0.3) is 0 Å². The molecule has 16 heavy (non-hydrogen) atoms. The molecule has 1 aliphatic heterocycles. The number of rotatable bonds is 3. The smallest absolute Gasteiger partial charge is 0.0895 e. The van der Waals surface area contributed by atoms with E-state index in [2.05, 4.69) is 11.3 Å². The molecule has 0 bridgehead atoms. The second kappa shape index (κ2) is 12.0. The lowest BCUT2D eigenvalue weighted by Gasteiger charge is -1.96. The van der Waals surface area contributed by atoms with Crippen molar-refractivity contribution < 1.29 is 14.9 Å². The highest BCUT2D eigenvalue weighted by Gasteiger charge is 1.94. The van der Waals surface area contributed by atoms with Crippen LogP contribution in [-0.2, 0) is 4.74 Å². The van der Waals surface area contributed by atoms with Gasteiger partial charge in [-0.25, -0.2) is 0 Å². The molecule has 0 aromatic carbocycles. The number of ether oxygens (including phenoxy) is 1. The summed E-state index contributed by atoms with van der Waals surface area (Å²) in [4.78, 5) is 0. The van der Waals surface area contributed by atoms with Gasteiger partial charge in [-0.15, -0.1) is 0 Å². The van der Waals surface area contributed by atoms with E-state index in [0.717, 1.165) is 18.8 Å². The molecule has 1 aliphatic rings. The first-order valence-corrected chi connectivity index (χ1v) is 5.48. The summed E-state index contributed by atoms with van der Waals surface area (Å²) in [6.07, 6.45) is 3.23. The number of epoxide rings is 1. The van der Waals surface area contributed by atoms with Gasteiger partial charge in [0, 0.05) is 0 Å². The molecule has 1 fully saturated rings. The number of aliphatic hydroxyl groups excluding tert-OH is 2. The maximum Gasteiger partial charge on any atom is 0.0895 e. The van der Waals surface area contributed by atoms with E-state index in [1.807, 2.05) is 20.8 Å². The zero-order valence-corrected chi connectivity index (χ0v) is 10.8. The molecule has 0 radical (unpaired) electrons. The van der Waals surface area contributed by atoms with Crippen molar-refractivity contribution in [2.45, 2.75) is 27.7 Å². The summed E-state index contributed by atoms with van der Waals surface area (Å²) >= 11 is 0. The van der Waals surface area contributed by atoms with Crippen molar-refractivity contribution in [1.29, 1.82) is 0 Å². The first-order chi connectivity index (χ1) is 7.56. The molecule has 0 amide bonds. The number of hydrogen-bond acceptors (Lipinski definition) is 3. The second-order valence-corrected chi connectivity index (χ2v) is 3.12. The molecule has 0 spiro atoms. The molecule has 0 aromatic heterocycles. The molecule has 1 saturated heterocycles. The van der Waals surface area contributed by atoms with Crippen LogP contribution in [0, 0.1) is 0 Å². The highest BCUT2D eigenvalue weighted by atomic mass is 16.6. The van der Waals surface area contributed by atoms with E-state index in [0.29, 0.717) is 5.57 Å². The van der Waals surface area contributed by atoms with E-state index in [9.17, 15) is 0 Å². The van der Waals surface area contributed by atoms with E-state index in [1.165, 1.54) is 6.08 Å². The second-order valence-electron chi connectivity index (χ2n) is 3.12. The standard InChI is InChI=1S/C9H14O2.C2H4O.C2H6/c1-7(2)4-9(6-10)5-8(3)11;1-2-3-1;1-2/h4-5,10-11H,1,6H2,2-3H3;1-2H2;1-2H3/b8-5+,9-4+;;. The quantitative estimate of drug-likeness (QED) is 0.443. The first kappa shape index (κ1) is 17.3. The third kappa shape index (κ3) is 18.7. The molecular formula is C13H24O3. The van der Waals surface area contributed by atoms with Gasteiger partial charge in [0.15, 0.2) is 0 Å². The Morgan fingerprint density at radius 1 is 1.25 bits per heavy atom. The fourth-order valence-corrected chi connectivity index (χ4v) is 0.718. The van der Waals surface area contributed by atoms with Gasteiger partial charge < -0.3 is 14.9 Å². The third-order valence-electron chi connectivity index (χ3n) is 1.21. The van der Waals surface area contributed by atoms with Crippen molar-refractivity contribution in [2.75, 3.05) is 19.8 Å².